The fraction of sp³-hybridized carbons (Fsp3) is 0.333. The third kappa shape index (κ3) is 2.30. The van der Waals surface area contributed by atoms with Crippen molar-refractivity contribution >= 4 is 22.2 Å². The third-order valence-corrected chi connectivity index (χ3v) is 3.73. The highest BCUT2D eigenvalue weighted by atomic mass is 32.1. The van der Waals surface area contributed by atoms with Crippen LogP contribution in [0.25, 0.3) is 10.6 Å². The zero-order chi connectivity index (χ0) is 12.4. The summed E-state index contributed by atoms with van der Waals surface area (Å²) in [6, 6.07) is 8.34. The van der Waals surface area contributed by atoms with Crippen molar-refractivity contribution in [2.24, 2.45) is 0 Å². The van der Waals surface area contributed by atoms with Crippen LogP contribution >= 0.6 is 11.3 Å². The molecule has 6 heteroatoms. The van der Waals surface area contributed by atoms with Gasteiger partial charge in [-0.15, -0.1) is 10.2 Å². The van der Waals surface area contributed by atoms with Crippen LogP contribution < -0.4 is 10.6 Å². The highest BCUT2D eigenvalue weighted by Crippen LogP contribution is 2.26. The molecule has 94 valence electrons. The van der Waals surface area contributed by atoms with Crippen LogP contribution in [-0.4, -0.2) is 36.5 Å². The van der Waals surface area contributed by atoms with Gasteiger partial charge in [0.15, 0.2) is 0 Å². The summed E-state index contributed by atoms with van der Waals surface area (Å²) < 4.78 is 5.34. The summed E-state index contributed by atoms with van der Waals surface area (Å²) in [5.41, 5.74) is 7.86. The Labute approximate surface area is 109 Å². The average molecular weight is 262 g/mol. The van der Waals surface area contributed by atoms with Crippen LogP contribution in [0.2, 0.25) is 0 Å². The Balaban J connectivity index is 1.80. The maximum absolute atomic E-state index is 5.59. The number of aromatic nitrogens is 2. The lowest BCUT2D eigenvalue weighted by Gasteiger charge is -2.28. The summed E-state index contributed by atoms with van der Waals surface area (Å²) in [4.78, 5) is 2.32. The van der Waals surface area contributed by atoms with Gasteiger partial charge >= 0.3 is 0 Å². The van der Waals surface area contributed by atoms with Crippen LogP contribution in [0.5, 0.6) is 0 Å². The summed E-state index contributed by atoms with van der Waals surface area (Å²) in [7, 11) is 0. The molecule has 1 aromatic heterocycles. The highest BCUT2D eigenvalue weighted by Gasteiger charge is 2.11. The van der Waals surface area contributed by atoms with Gasteiger partial charge in [-0.25, -0.2) is 0 Å². The largest absolute Gasteiger partial charge is 0.378 e. The van der Waals surface area contributed by atoms with Crippen molar-refractivity contribution in [3.8, 4) is 10.6 Å². The Morgan fingerprint density at radius 2 is 1.83 bits per heavy atom. The second kappa shape index (κ2) is 4.91. The second-order valence-corrected chi connectivity index (χ2v) is 5.10. The molecule has 0 bridgehead atoms. The molecule has 2 aromatic rings. The van der Waals surface area contributed by atoms with Crippen molar-refractivity contribution in [3.63, 3.8) is 0 Å². The fourth-order valence-corrected chi connectivity index (χ4v) is 2.60. The van der Waals surface area contributed by atoms with Crippen molar-refractivity contribution in [3.05, 3.63) is 24.3 Å². The molecule has 1 aromatic carbocycles. The van der Waals surface area contributed by atoms with Gasteiger partial charge in [-0.2, -0.15) is 0 Å². The lowest BCUT2D eigenvalue weighted by atomic mass is 10.2. The number of morpholine rings is 1. The maximum Gasteiger partial charge on any atom is 0.203 e. The zero-order valence-electron chi connectivity index (χ0n) is 9.87. The predicted molar refractivity (Wildman–Crippen MR) is 72.8 cm³/mol. The number of hydrogen-bond donors (Lipinski definition) is 1. The van der Waals surface area contributed by atoms with Crippen molar-refractivity contribution in [2.75, 3.05) is 36.9 Å². The molecule has 2 heterocycles. The zero-order valence-corrected chi connectivity index (χ0v) is 10.7. The summed E-state index contributed by atoms with van der Waals surface area (Å²) in [6.07, 6.45) is 0. The van der Waals surface area contributed by atoms with Gasteiger partial charge in [0, 0.05) is 24.3 Å². The molecule has 0 atom stereocenters. The van der Waals surface area contributed by atoms with Gasteiger partial charge in [0.2, 0.25) is 5.13 Å². The van der Waals surface area contributed by atoms with E-state index in [2.05, 4.69) is 39.4 Å². The molecular formula is C12H14N4OS. The van der Waals surface area contributed by atoms with Crippen LogP contribution in [0.15, 0.2) is 24.3 Å². The number of benzene rings is 1. The van der Waals surface area contributed by atoms with Gasteiger partial charge < -0.3 is 15.4 Å². The minimum atomic E-state index is 0.502. The van der Waals surface area contributed by atoms with Gasteiger partial charge in [0.05, 0.1) is 13.2 Å². The first-order valence-corrected chi connectivity index (χ1v) is 6.67. The smallest absolute Gasteiger partial charge is 0.203 e. The van der Waals surface area contributed by atoms with E-state index in [9.17, 15) is 0 Å². The van der Waals surface area contributed by atoms with Gasteiger partial charge in [-0.3, -0.25) is 0 Å². The molecule has 1 fully saturated rings. The van der Waals surface area contributed by atoms with Gasteiger partial charge in [0.1, 0.15) is 5.01 Å². The lowest BCUT2D eigenvalue weighted by Crippen LogP contribution is -2.36. The van der Waals surface area contributed by atoms with E-state index in [-0.39, 0.29) is 0 Å². The molecular weight excluding hydrogens is 248 g/mol. The van der Waals surface area contributed by atoms with Crippen LogP contribution in [0.3, 0.4) is 0 Å². The number of nitrogen functional groups attached to an aromatic ring is 1. The summed E-state index contributed by atoms with van der Waals surface area (Å²) in [5, 5.41) is 9.23. The number of ether oxygens (including phenoxy) is 1. The Bertz CT molecular complexity index is 519. The predicted octanol–water partition coefficient (Wildman–Crippen LogP) is 1.62. The molecule has 1 aliphatic rings. The Hall–Kier alpha value is -1.66. The SMILES string of the molecule is Nc1nnc(-c2ccc(N3CCOCC3)cc2)s1. The summed E-state index contributed by atoms with van der Waals surface area (Å²) >= 11 is 1.40. The van der Waals surface area contributed by atoms with Crippen molar-refractivity contribution in [1.82, 2.24) is 10.2 Å². The molecule has 18 heavy (non-hydrogen) atoms. The van der Waals surface area contributed by atoms with E-state index in [0.717, 1.165) is 36.9 Å². The van der Waals surface area contributed by atoms with E-state index in [1.54, 1.807) is 0 Å². The first-order valence-electron chi connectivity index (χ1n) is 5.85. The monoisotopic (exact) mass is 262 g/mol. The van der Waals surface area contributed by atoms with Crippen molar-refractivity contribution in [2.45, 2.75) is 0 Å². The number of nitrogens with two attached hydrogens (primary N) is 1. The first kappa shape index (κ1) is 11.4. The van der Waals surface area contributed by atoms with Crippen LogP contribution in [-0.2, 0) is 4.74 Å². The van der Waals surface area contributed by atoms with Crippen LogP contribution in [0.1, 0.15) is 0 Å². The molecule has 2 N–H and O–H groups in total. The quantitative estimate of drug-likeness (QED) is 0.891. The number of hydrogen-bond acceptors (Lipinski definition) is 6. The number of nitrogens with zero attached hydrogens (tertiary/aromatic N) is 3. The Morgan fingerprint density at radius 1 is 1.11 bits per heavy atom. The Morgan fingerprint density at radius 3 is 2.44 bits per heavy atom. The van der Waals surface area contributed by atoms with E-state index < -0.39 is 0 Å². The minimum Gasteiger partial charge on any atom is -0.378 e. The summed E-state index contributed by atoms with van der Waals surface area (Å²) in [6.45, 7) is 3.50. The number of rotatable bonds is 2. The van der Waals surface area contributed by atoms with Gasteiger partial charge in [0.25, 0.3) is 0 Å². The maximum atomic E-state index is 5.59. The van der Waals surface area contributed by atoms with Crippen LogP contribution in [0, 0.1) is 0 Å². The first-order chi connectivity index (χ1) is 8.83. The molecule has 1 saturated heterocycles. The van der Waals surface area contributed by atoms with E-state index in [0.29, 0.717) is 5.13 Å². The normalized spacial score (nSPS) is 15.9. The molecule has 0 aliphatic carbocycles. The third-order valence-electron chi connectivity index (χ3n) is 2.93. The molecule has 0 unspecified atom stereocenters. The van der Waals surface area contributed by atoms with Gasteiger partial charge in [-0.1, -0.05) is 11.3 Å². The molecule has 0 saturated carbocycles. The average Bonchev–Trinajstić information content (AvgIpc) is 2.87. The standard InChI is InChI=1S/C12H14N4OS/c13-12-15-14-11(18-12)9-1-3-10(4-2-9)16-5-7-17-8-6-16/h1-4H,5-8H2,(H2,13,15). The fourth-order valence-electron chi connectivity index (χ4n) is 1.99. The van der Waals surface area contributed by atoms with Gasteiger partial charge in [-0.05, 0) is 24.3 Å². The lowest BCUT2D eigenvalue weighted by molar-refractivity contribution is 0.122. The minimum absolute atomic E-state index is 0.502. The molecule has 1 aliphatic heterocycles. The Kier molecular flexibility index (Phi) is 3.12. The molecule has 0 spiro atoms. The topological polar surface area (TPSA) is 64.3 Å². The summed E-state index contributed by atoms with van der Waals surface area (Å²) in [5.74, 6) is 0. The number of anilines is 2. The van der Waals surface area contributed by atoms with Crippen molar-refractivity contribution < 1.29 is 4.74 Å². The van der Waals surface area contributed by atoms with E-state index >= 15 is 0 Å². The second-order valence-electron chi connectivity index (χ2n) is 4.09. The van der Waals surface area contributed by atoms with Crippen molar-refractivity contribution in [1.29, 1.82) is 0 Å². The van der Waals surface area contributed by atoms with E-state index in [1.165, 1.54) is 17.0 Å². The van der Waals surface area contributed by atoms with E-state index in [4.69, 9.17) is 10.5 Å². The molecule has 0 radical (unpaired) electrons. The van der Waals surface area contributed by atoms with Crippen LogP contribution in [0.4, 0.5) is 10.8 Å². The highest BCUT2D eigenvalue weighted by molar-refractivity contribution is 7.18. The van der Waals surface area contributed by atoms with E-state index in [1.807, 2.05) is 0 Å². The molecule has 3 rings (SSSR count). The molecule has 5 nitrogen and oxygen atoms in total. The molecule has 0 amide bonds.